The van der Waals surface area contributed by atoms with E-state index in [4.69, 9.17) is 9.26 Å². The van der Waals surface area contributed by atoms with Gasteiger partial charge in [-0.1, -0.05) is 29.4 Å². The second kappa shape index (κ2) is 8.06. The van der Waals surface area contributed by atoms with Crippen LogP contribution in [-0.2, 0) is 13.0 Å². The maximum atomic E-state index is 12.9. The first-order valence-corrected chi connectivity index (χ1v) is 10.0. The zero-order valence-corrected chi connectivity index (χ0v) is 17.5. The molecule has 5 aromatic rings. The van der Waals surface area contributed by atoms with Gasteiger partial charge in [-0.3, -0.25) is 9.36 Å². The van der Waals surface area contributed by atoms with E-state index in [2.05, 4.69) is 32.4 Å². The Morgan fingerprint density at radius 3 is 2.56 bits per heavy atom. The van der Waals surface area contributed by atoms with E-state index >= 15 is 0 Å². The van der Waals surface area contributed by atoms with E-state index in [0.29, 0.717) is 11.5 Å². The lowest BCUT2D eigenvalue weighted by Gasteiger charge is -2.04. The molecule has 2 aromatic carbocycles. The fourth-order valence-corrected chi connectivity index (χ4v) is 3.33. The molecule has 3 heterocycles. The molecule has 0 unspecified atom stereocenters. The third kappa shape index (κ3) is 3.51. The van der Waals surface area contributed by atoms with Crippen molar-refractivity contribution in [2.24, 2.45) is 0 Å². The van der Waals surface area contributed by atoms with Crippen molar-refractivity contribution in [1.82, 2.24) is 34.7 Å². The van der Waals surface area contributed by atoms with Crippen LogP contribution in [-0.4, -0.2) is 41.8 Å². The fourth-order valence-electron chi connectivity index (χ4n) is 3.33. The van der Waals surface area contributed by atoms with Gasteiger partial charge >= 0.3 is 0 Å². The SMILES string of the molecule is CCc1ccc(-n2nnc3c(=O)n(Cc4nc(-c5ccc(OC)cc5)no4)cnc32)cc1. The predicted molar refractivity (Wildman–Crippen MR) is 116 cm³/mol. The molecule has 0 N–H and O–H groups in total. The summed E-state index contributed by atoms with van der Waals surface area (Å²) in [6.07, 6.45) is 2.37. The predicted octanol–water partition coefficient (Wildman–Crippen LogP) is 2.65. The molecule has 0 aliphatic carbocycles. The molecule has 0 spiro atoms. The van der Waals surface area contributed by atoms with Gasteiger partial charge in [-0.25, -0.2) is 4.98 Å². The van der Waals surface area contributed by atoms with Crippen LogP contribution in [0.3, 0.4) is 0 Å². The van der Waals surface area contributed by atoms with Gasteiger partial charge in [0.1, 0.15) is 18.6 Å². The number of aryl methyl sites for hydroxylation is 1. The highest BCUT2D eigenvalue weighted by atomic mass is 16.5. The van der Waals surface area contributed by atoms with Crippen LogP contribution in [0.2, 0.25) is 0 Å². The molecule has 10 nitrogen and oxygen atoms in total. The molecule has 32 heavy (non-hydrogen) atoms. The number of hydrogen-bond acceptors (Lipinski definition) is 8. The average molecular weight is 429 g/mol. The Balaban J connectivity index is 1.42. The fraction of sp³-hybridized carbons (Fsp3) is 0.182. The van der Waals surface area contributed by atoms with Crippen molar-refractivity contribution in [3.63, 3.8) is 0 Å². The minimum Gasteiger partial charge on any atom is -0.497 e. The minimum absolute atomic E-state index is 0.0724. The zero-order chi connectivity index (χ0) is 22.1. The van der Waals surface area contributed by atoms with Crippen molar-refractivity contribution in [2.75, 3.05) is 7.11 Å². The average Bonchev–Trinajstić information content (AvgIpc) is 3.49. The molecular formula is C22H19N7O3. The smallest absolute Gasteiger partial charge is 0.284 e. The lowest BCUT2D eigenvalue weighted by atomic mass is 10.1. The van der Waals surface area contributed by atoms with Gasteiger partial charge in [0.15, 0.2) is 11.2 Å². The monoisotopic (exact) mass is 429 g/mol. The number of nitrogens with zero attached hydrogens (tertiary/aromatic N) is 7. The second-order valence-corrected chi connectivity index (χ2v) is 7.11. The first kappa shape index (κ1) is 19.6. The number of hydrogen-bond donors (Lipinski definition) is 0. The van der Waals surface area contributed by atoms with Crippen LogP contribution in [0.4, 0.5) is 0 Å². The maximum absolute atomic E-state index is 12.9. The number of methoxy groups -OCH3 is 1. The lowest BCUT2D eigenvalue weighted by molar-refractivity contribution is 0.369. The van der Waals surface area contributed by atoms with E-state index in [0.717, 1.165) is 23.4 Å². The quantitative estimate of drug-likeness (QED) is 0.405. The van der Waals surface area contributed by atoms with Crippen molar-refractivity contribution in [2.45, 2.75) is 19.9 Å². The van der Waals surface area contributed by atoms with Gasteiger partial charge in [-0.15, -0.1) is 5.10 Å². The summed E-state index contributed by atoms with van der Waals surface area (Å²) in [7, 11) is 1.60. The zero-order valence-electron chi connectivity index (χ0n) is 17.5. The number of ether oxygens (including phenoxy) is 1. The van der Waals surface area contributed by atoms with Crippen LogP contribution in [0, 0.1) is 0 Å². The highest BCUT2D eigenvalue weighted by Crippen LogP contribution is 2.20. The van der Waals surface area contributed by atoms with Gasteiger partial charge in [-0.05, 0) is 48.4 Å². The van der Waals surface area contributed by atoms with E-state index in [9.17, 15) is 4.79 Å². The van der Waals surface area contributed by atoms with Crippen LogP contribution in [0.25, 0.3) is 28.2 Å². The number of aromatic nitrogens is 7. The molecule has 0 bridgehead atoms. The third-order valence-corrected chi connectivity index (χ3v) is 5.14. The summed E-state index contributed by atoms with van der Waals surface area (Å²) in [6.45, 7) is 2.16. The summed E-state index contributed by atoms with van der Waals surface area (Å²) < 4.78 is 13.4. The maximum Gasteiger partial charge on any atom is 0.284 e. The minimum atomic E-state index is -0.337. The molecule has 0 atom stereocenters. The molecule has 0 aliphatic rings. The Morgan fingerprint density at radius 1 is 1.06 bits per heavy atom. The van der Waals surface area contributed by atoms with Gasteiger partial charge in [0.2, 0.25) is 11.7 Å². The molecule has 3 aromatic heterocycles. The van der Waals surface area contributed by atoms with Gasteiger partial charge in [-0.2, -0.15) is 9.67 Å². The van der Waals surface area contributed by atoms with Gasteiger partial charge in [0.05, 0.1) is 12.8 Å². The van der Waals surface area contributed by atoms with Crippen molar-refractivity contribution < 1.29 is 9.26 Å². The van der Waals surface area contributed by atoms with Crippen molar-refractivity contribution in [3.05, 3.63) is 76.7 Å². The summed E-state index contributed by atoms with van der Waals surface area (Å²) >= 11 is 0. The topological polar surface area (TPSA) is 114 Å². The number of rotatable bonds is 6. The van der Waals surface area contributed by atoms with E-state index in [-0.39, 0.29) is 23.5 Å². The van der Waals surface area contributed by atoms with E-state index in [1.165, 1.54) is 16.5 Å². The number of fused-ring (bicyclic) bond motifs is 1. The Labute approximate surface area is 182 Å². The van der Waals surface area contributed by atoms with Gasteiger partial charge in [0.25, 0.3) is 5.56 Å². The summed E-state index contributed by atoms with van der Waals surface area (Å²) in [6, 6.07) is 15.2. The first-order valence-electron chi connectivity index (χ1n) is 10.0. The van der Waals surface area contributed by atoms with Gasteiger partial charge < -0.3 is 9.26 Å². The highest BCUT2D eigenvalue weighted by Gasteiger charge is 2.16. The largest absolute Gasteiger partial charge is 0.497 e. The normalized spacial score (nSPS) is 11.2. The van der Waals surface area contributed by atoms with E-state index < -0.39 is 0 Å². The molecule has 0 fully saturated rings. The van der Waals surface area contributed by atoms with E-state index in [1.54, 1.807) is 11.8 Å². The molecular weight excluding hydrogens is 410 g/mol. The molecule has 160 valence electrons. The lowest BCUT2D eigenvalue weighted by Crippen LogP contribution is -2.21. The Bertz CT molecular complexity index is 1430. The molecule has 10 heteroatoms. The Morgan fingerprint density at radius 2 is 1.84 bits per heavy atom. The third-order valence-electron chi connectivity index (χ3n) is 5.14. The molecule has 0 saturated carbocycles. The van der Waals surface area contributed by atoms with Crippen LogP contribution in [0.15, 0.2) is 64.2 Å². The standard InChI is InChI=1S/C22H19N7O3/c1-3-14-4-8-16(9-5-14)29-21-19(25-27-29)22(30)28(13-23-21)12-18-24-20(26-32-18)15-6-10-17(31-2)11-7-15/h4-11,13H,3,12H2,1-2H3. The molecule has 0 radical (unpaired) electrons. The molecule has 0 saturated heterocycles. The first-order chi connectivity index (χ1) is 15.7. The van der Waals surface area contributed by atoms with Crippen LogP contribution in [0.5, 0.6) is 5.75 Å². The van der Waals surface area contributed by atoms with Crippen molar-refractivity contribution >= 4 is 11.2 Å². The summed E-state index contributed by atoms with van der Waals surface area (Å²) in [4.78, 5) is 21.7. The van der Waals surface area contributed by atoms with Crippen LogP contribution < -0.4 is 10.3 Å². The Hall–Kier alpha value is -4.34. The highest BCUT2D eigenvalue weighted by molar-refractivity contribution is 5.70. The second-order valence-electron chi connectivity index (χ2n) is 7.11. The number of benzene rings is 2. The summed E-state index contributed by atoms with van der Waals surface area (Å²) in [5.41, 5.74) is 2.99. The van der Waals surface area contributed by atoms with Crippen LogP contribution >= 0.6 is 0 Å². The van der Waals surface area contributed by atoms with Crippen molar-refractivity contribution in [1.29, 1.82) is 0 Å². The van der Waals surface area contributed by atoms with E-state index in [1.807, 2.05) is 48.5 Å². The molecule has 0 amide bonds. The Kier molecular flexibility index (Phi) is 4.94. The van der Waals surface area contributed by atoms with Crippen molar-refractivity contribution in [3.8, 4) is 22.8 Å². The van der Waals surface area contributed by atoms with Crippen LogP contribution in [0.1, 0.15) is 18.4 Å². The molecule has 5 rings (SSSR count). The van der Waals surface area contributed by atoms with Gasteiger partial charge in [0, 0.05) is 5.56 Å². The molecule has 0 aliphatic heterocycles. The summed E-state index contributed by atoms with van der Waals surface area (Å²) in [5.74, 6) is 1.44. The summed E-state index contributed by atoms with van der Waals surface area (Å²) in [5, 5.41) is 12.2.